The minimum Gasteiger partial charge on any atom is -0.392 e. The molecule has 2 N–H and O–H groups in total. The number of hydrogen-bond donors (Lipinski definition) is 2. The van der Waals surface area contributed by atoms with E-state index in [1.165, 1.54) is 5.57 Å². The van der Waals surface area contributed by atoms with Gasteiger partial charge < -0.3 is 5.11 Å². The number of hydrogen-bond acceptors (Lipinski definition) is 4. The fourth-order valence-electron chi connectivity index (χ4n) is 2.55. The Bertz CT molecular complexity index is 714. The zero-order valence-corrected chi connectivity index (χ0v) is 13.7. The molecule has 21 heavy (non-hydrogen) atoms. The van der Waals surface area contributed by atoms with Crippen LogP contribution in [0.15, 0.2) is 40.5 Å². The molecule has 0 spiro atoms. The van der Waals surface area contributed by atoms with E-state index < -0.39 is 0 Å². The van der Waals surface area contributed by atoms with Crippen molar-refractivity contribution in [1.82, 2.24) is 9.99 Å². The van der Waals surface area contributed by atoms with Gasteiger partial charge in [0.1, 0.15) is 5.82 Å². The SMILES string of the molecule is CC1=CN(Nc2cc(CO)c3ccc(Br)cc3n2)CC1C. The zero-order valence-electron chi connectivity index (χ0n) is 12.1. The summed E-state index contributed by atoms with van der Waals surface area (Å²) in [5, 5.41) is 12.6. The molecule has 0 fully saturated rings. The van der Waals surface area contributed by atoms with E-state index in [1.54, 1.807) is 0 Å². The monoisotopic (exact) mass is 347 g/mol. The van der Waals surface area contributed by atoms with Gasteiger partial charge in [-0.05, 0) is 36.6 Å². The van der Waals surface area contributed by atoms with E-state index in [2.05, 4.69) is 46.4 Å². The number of nitrogens with one attached hydrogen (secondary N) is 1. The van der Waals surface area contributed by atoms with Crippen molar-refractivity contribution >= 4 is 32.7 Å². The quantitative estimate of drug-likeness (QED) is 0.889. The summed E-state index contributed by atoms with van der Waals surface area (Å²) in [6, 6.07) is 7.81. The van der Waals surface area contributed by atoms with Crippen molar-refractivity contribution in [3.63, 3.8) is 0 Å². The van der Waals surface area contributed by atoms with Crippen LogP contribution in [0.1, 0.15) is 19.4 Å². The van der Waals surface area contributed by atoms with Crippen LogP contribution in [0.5, 0.6) is 0 Å². The van der Waals surface area contributed by atoms with Crippen LogP contribution in [0.3, 0.4) is 0 Å². The first-order valence-corrected chi connectivity index (χ1v) is 7.78. The lowest BCUT2D eigenvalue weighted by Gasteiger charge is -2.19. The molecule has 0 saturated carbocycles. The Morgan fingerprint density at radius 3 is 2.90 bits per heavy atom. The van der Waals surface area contributed by atoms with Crippen LogP contribution in [0.4, 0.5) is 5.82 Å². The smallest absolute Gasteiger partial charge is 0.145 e. The van der Waals surface area contributed by atoms with E-state index in [1.807, 2.05) is 29.3 Å². The average Bonchev–Trinajstić information content (AvgIpc) is 2.75. The number of nitrogens with zero attached hydrogens (tertiary/aromatic N) is 2. The van der Waals surface area contributed by atoms with Crippen molar-refractivity contribution in [3.05, 3.63) is 46.1 Å². The molecule has 1 aliphatic rings. The standard InChI is InChI=1S/C16H18BrN3O/c1-10-7-20(8-11(10)2)19-16-5-12(9-21)14-4-3-13(17)6-15(14)18-16/h3-7,11,21H,8-9H2,1-2H3,(H,18,19). The summed E-state index contributed by atoms with van der Waals surface area (Å²) in [5.41, 5.74) is 6.41. The van der Waals surface area contributed by atoms with Crippen LogP contribution in [0.2, 0.25) is 0 Å². The van der Waals surface area contributed by atoms with Gasteiger partial charge in [-0.1, -0.05) is 34.5 Å². The van der Waals surface area contributed by atoms with Crippen molar-refractivity contribution in [2.75, 3.05) is 12.0 Å². The van der Waals surface area contributed by atoms with Gasteiger partial charge in [0.2, 0.25) is 0 Å². The predicted octanol–water partition coefficient (Wildman–Crippen LogP) is 3.67. The summed E-state index contributed by atoms with van der Waals surface area (Å²) in [5.74, 6) is 1.30. The second-order valence-electron chi connectivity index (χ2n) is 5.52. The molecule has 1 aromatic heterocycles. The van der Waals surface area contributed by atoms with Gasteiger partial charge in [0, 0.05) is 22.6 Å². The molecule has 0 bridgehead atoms. The highest BCUT2D eigenvalue weighted by Gasteiger charge is 2.17. The molecule has 1 unspecified atom stereocenters. The fourth-order valence-corrected chi connectivity index (χ4v) is 2.90. The summed E-state index contributed by atoms with van der Waals surface area (Å²) in [6.45, 7) is 5.27. The Labute approximate surface area is 132 Å². The van der Waals surface area contributed by atoms with Gasteiger partial charge in [0.25, 0.3) is 0 Å². The molecule has 1 atom stereocenters. The molecule has 1 aliphatic heterocycles. The van der Waals surface area contributed by atoms with Gasteiger partial charge in [-0.2, -0.15) is 0 Å². The lowest BCUT2D eigenvalue weighted by molar-refractivity contribution is 0.283. The van der Waals surface area contributed by atoms with E-state index in [9.17, 15) is 5.11 Å². The molecule has 0 amide bonds. The van der Waals surface area contributed by atoms with Crippen LogP contribution < -0.4 is 5.43 Å². The van der Waals surface area contributed by atoms with E-state index >= 15 is 0 Å². The molecule has 0 aliphatic carbocycles. The maximum Gasteiger partial charge on any atom is 0.145 e. The summed E-state index contributed by atoms with van der Waals surface area (Å²) in [4.78, 5) is 4.64. The van der Waals surface area contributed by atoms with Crippen molar-refractivity contribution in [1.29, 1.82) is 0 Å². The number of pyridine rings is 1. The molecule has 0 radical (unpaired) electrons. The molecular formula is C16H18BrN3O. The third-order valence-corrected chi connectivity index (χ3v) is 4.39. The van der Waals surface area contributed by atoms with Crippen molar-refractivity contribution < 1.29 is 5.11 Å². The number of fused-ring (bicyclic) bond motifs is 1. The van der Waals surface area contributed by atoms with E-state index in [4.69, 9.17) is 0 Å². The number of benzene rings is 1. The Morgan fingerprint density at radius 1 is 1.43 bits per heavy atom. The number of hydrazine groups is 1. The number of anilines is 1. The molecule has 3 rings (SSSR count). The van der Waals surface area contributed by atoms with Crippen LogP contribution in [0.25, 0.3) is 10.9 Å². The van der Waals surface area contributed by atoms with Crippen molar-refractivity contribution in [2.24, 2.45) is 5.92 Å². The van der Waals surface area contributed by atoms with Crippen molar-refractivity contribution in [3.8, 4) is 0 Å². The topological polar surface area (TPSA) is 48.4 Å². The number of aliphatic hydroxyl groups excluding tert-OH is 1. The second kappa shape index (κ2) is 5.66. The van der Waals surface area contributed by atoms with E-state index in [0.29, 0.717) is 5.92 Å². The Balaban J connectivity index is 1.96. The molecule has 2 heterocycles. The lowest BCUT2D eigenvalue weighted by Crippen LogP contribution is -2.24. The van der Waals surface area contributed by atoms with Gasteiger partial charge in [0.15, 0.2) is 0 Å². The Hall–Kier alpha value is -1.59. The highest BCUT2D eigenvalue weighted by atomic mass is 79.9. The minimum atomic E-state index is 0.000597. The second-order valence-corrected chi connectivity index (χ2v) is 6.44. The van der Waals surface area contributed by atoms with Crippen LogP contribution >= 0.6 is 15.9 Å². The predicted molar refractivity (Wildman–Crippen MR) is 88.6 cm³/mol. The summed E-state index contributed by atoms with van der Waals surface area (Å²) >= 11 is 3.46. The number of rotatable bonds is 3. The zero-order chi connectivity index (χ0) is 15.0. The summed E-state index contributed by atoms with van der Waals surface area (Å²) < 4.78 is 0.981. The first kappa shape index (κ1) is 14.4. The van der Waals surface area contributed by atoms with Crippen LogP contribution in [-0.2, 0) is 6.61 Å². The molecule has 4 nitrogen and oxygen atoms in total. The highest BCUT2D eigenvalue weighted by molar-refractivity contribution is 9.10. The van der Waals surface area contributed by atoms with Gasteiger partial charge in [-0.25, -0.2) is 4.98 Å². The maximum absolute atomic E-state index is 9.58. The third kappa shape index (κ3) is 2.89. The first-order valence-electron chi connectivity index (χ1n) is 6.98. The highest BCUT2D eigenvalue weighted by Crippen LogP contribution is 2.26. The summed E-state index contributed by atoms with van der Waals surface area (Å²) in [6.07, 6.45) is 2.11. The normalized spacial score (nSPS) is 18.2. The van der Waals surface area contributed by atoms with Gasteiger partial charge in [-0.3, -0.25) is 10.4 Å². The van der Waals surface area contributed by atoms with Crippen LogP contribution in [0, 0.1) is 5.92 Å². The van der Waals surface area contributed by atoms with E-state index in [-0.39, 0.29) is 6.61 Å². The molecule has 1 aromatic carbocycles. The van der Waals surface area contributed by atoms with E-state index in [0.717, 1.165) is 33.3 Å². The first-order chi connectivity index (χ1) is 10.1. The van der Waals surface area contributed by atoms with Crippen LogP contribution in [-0.4, -0.2) is 21.6 Å². The molecule has 5 heteroatoms. The fraction of sp³-hybridized carbons (Fsp3) is 0.312. The molecule has 2 aromatic rings. The third-order valence-electron chi connectivity index (χ3n) is 3.89. The Morgan fingerprint density at radius 2 is 2.24 bits per heavy atom. The minimum absolute atomic E-state index is 0.000597. The summed E-state index contributed by atoms with van der Waals surface area (Å²) in [7, 11) is 0. The Kier molecular flexibility index (Phi) is 3.87. The largest absolute Gasteiger partial charge is 0.392 e. The molecule has 110 valence electrons. The number of halogens is 1. The maximum atomic E-state index is 9.58. The van der Waals surface area contributed by atoms with Gasteiger partial charge in [0.05, 0.1) is 12.1 Å². The number of aromatic nitrogens is 1. The van der Waals surface area contributed by atoms with Gasteiger partial charge >= 0.3 is 0 Å². The number of aliphatic hydroxyl groups is 1. The molecular weight excluding hydrogens is 330 g/mol. The lowest BCUT2D eigenvalue weighted by atomic mass is 10.1. The van der Waals surface area contributed by atoms with Crippen molar-refractivity contribution in [2.45, 2.75) is 20.5 Å². The average molecular weight is 348 g/mol. The molecule has 0 saturated heterocycles. The van der Waals surface area contributed by atoms with Gasteiger partial charge in [-0.15, -0.1) is 0 Å².